The average Bonchev–Trinajstić information content (AvgIpc) is 2.87. The van der Waals surface area contributed by atoms with E-state index in [1.165, 1.54) is 44.8 Å². The van der Waals surface area contributed by atoms with Gasteiger partial charge in [-0.3, -0.25) is 0 Å². The predicted octanol–water partition coefficient (Wildman–Crippen LogP) is 6.46. The van der Waals surface area contributed by atoms with E-state index < -0.39 is 23.3 Å². The summed E-state index contributed by atoms with van der Waals surface area (Å²) >= 11 is 0. The van der Waals surface area contributed by atoms with Gasteiger partial charge in [-0.2, -0.15) is 4.39 Å². The smallest absolute Gasteiger partial charge is 0.315 e. The summed E-state index contributed by atoms with van der Waals surface area (Å²) < 4.78 is 67.1. The van der Waals surface area contributed by atoms with E-state index in [-0.39, 0.29) is 41.3 Å². The molecule has 0 spiro atoms. The van der Waals surface area contributed by atoms with Gasteiger partial charge in [0, 0.05) is 24.4 Å². The fraction of sp³-hybridized carbons (Fsp3) is 0.185. The van der Waals surface area contributed by atoms with Gasteiger partial charge in [0.25, 0.3) is 0 Å². The van der Waals surface area contributed by atoms with Gasteiger partial charge in [-0.1, -0.05) is 43.0 Å². The van der Waals surface area contributed by atoms with Gasteiger partial charge in [0.05, 0.1) is 14.2 Å². The molecule has 0 saturated carbocycles. The first-order valence-electron chi connectivity index (χ1n) is 10.7. The third-order valence-electron chi connectivity index (χ3n) is 5.35. The zero-order valence-corrected chi connectivity index (χ0v) is 19.3. The molecule has 4 nitrogen and oxygen atoms in total. The Hall–Kier alpha value is -3.94. The van der Waals surface area contributed by atoms with E-state index in [2.05, 4.69) is 16.6 Å². The van der Waals surface area contributed by atoms with Crippen LogP contribution in [0.4, 0.5) is 17.6 Å². The lowest BCUT2D eigenvalue weighted by atomic mass is 9.98. The minimum atomic E-state index is -1.05. The molecule has 3 aromatic rings. The van der Waals surface area contributed by atoms with Gasteiger partial charge >= 0.3 is 6.02 Å². The molecule has 0 amide bonds. The van der Waals surface area contributed by atoms with E-state index in [4.69, 9.17) is 9.47 Å². The Labute approximate surface area is 201 Å². The minimum absolute atomic E-state index is 0.0587. The van der Waals surface area contributed by atoms with Crippen molar-refractivity contribution >= 4 is 12.2 Å². The summed E-state index contributed by atoms with van der Waals surface area (Å²) in [6.07, 6.45) is 3.40. The summed E-state index contributed by atoms with van der Waals surface area (Å²) in [5.74, 6) is -4.05. The lowest BCUT2D eigenvalue weighted by Crippen LogP contribution is -2.03. The molecular weight excluding hydrogens is 460 g/mol. The summed E-state index contributed by atoms with van der Waals surface area (Å²) in [6, 6.07) is 12.7. The first kappa shape index (κ1) is 25.7. The van der Waals surface area contributed by atoms with Crippen LogP contribution < -0.4 is 4.74 Å². The quantitative estimate of drug-likeness (QED) is 0.209. The van der Waals surface area contributed by atoms with Crippen molar-refractivity contribution in [2.24, 2.45) is 9.98 Å². The van der Waals surface area contributed by atoms with Gasteiger partial charge in [0.1, 0.15) is 0 Å². The largest absolute Gasteiger partial charge is 0.494 e. The Morgan fingerprint density at radius 1 is 0.829 bits per heavy atom. The molecule has 0 aliphatic rings. The Morgan fingerprint density at radius 3 is 2.17 bits per heavy atom. The zero-order chi connectivity index (χ0) is 25.4. The van der Waals surface area contributed by atoms with Gasteiger partial charge in [-0.05, 0) is 47.2 Å². The SMILES string of the molecule is C=C/N=C(\N=C/Cc1ccc(CCc2ccc(-c3ccc(OC)c(F)c3F)cc2)c(F)c1F)OC. The van der Waals surface area contributed by atoms with Crippen molar-refractivity contribution in [3.05, 3.63) is 101 Å². The van der Waals surface area contributed by atoms with Crippen molar-refractivity contribution in [1.82, 2.24) is 0 Å². The Balaban J connectivity index is 1.67. The highest BCUT2D eigenvalue weighted by Crippen LogP contribution is 2.30. The molecule has 0 radical (unpaired) electrons. The van der Waals surface area contributed by atoms with Gasteiger partial charge in [0.15, 0.2) is 23.2 Å². The number of aliphatic imine (C=N–C) groups is 2. The summed E-state index contributed by atoms with van der Waals surface area (Å²) in [7, 11) is 2.65. The number of halogens is 4. The van der Waals surface area contributed by atoms with Gasteiger partial charge in [-0.25, -0.2) is 23.2 Å². The van der Waals surface area contributed by atoms with E-state index in [9.17, 15) is 17.6 Å². The van der Waals surface area contributed by atoms with Crippen molar-refractivity contribution in [2.75, 3.05) is 14.2 Å². The molecular formula is C27H24F4N2O2. The molecule has 0 fully saturated rings. The highest BCUT2D eigenvalue weighted by atomic mass is 19.2. The van der Waals surface area contributed by atoms with Gasteiger partial charge in [0.2, 0.25) is 5.82 Å². The van der Waals surface area contributed by atoms with Crippen LogP contribution in [0.25, 0.3) is 11.1 Å². The molecule has 0 N–H and O–H groups in total. The summed E-state index contributed by atoms with van der Waals surface area (Å²) in [4.78, 5) is 7.71. The van der Waals surface area contributed by atoms with Crippen LogP contribution >= 0.6 is 0 Å². The van der Waals surface area contributed by atoms with E-state index in [0.29, 0.717) is 12.0 Å². The number of aryl methyl sites for hydroxylation is 2. The van der Waals surface area contributed by atoms with E-state index >= 15 is 0 Å². The molecule has 0 aliphatic carbocycles. The Morgan fingerprint density at radius 2 is 1.51 bits per heavy atom. The van der Waals surface area contributed by atoms with E-state index in [0.717, 1.165) is 5.56 Å². The lowest BCUT2D eigenvalue weighted by molar-refractivity contribution is 0.372. The highest BCUT2D eigenvalue weighted by Gasteiger charge is 2.16. The Kier molecular flexibility index (Phi) is 8.78. The molecule has 0 aromatic heterocycles. The normalized spacial score (nSPS) is 11.7. The maximum Gasteiger partial charge on any atom is 0.315 e. The van der Waals surface area contributed by atoms with Gasteiger partial charge in [-0.15, -0.1) is 0 Å². The number of ether oxygens (including phenoxy) is 2. The lowest BCUT2D eigenvalue weighted by Gasteiger charge is -2.10. The number of rotatable bonds is 8. The summed E-state index contributed by atoms with van der Waals surface area (Å²) in [5, 5.41) is 0. The van der Waals surface area contributed by atoms with Crippen molar-refractivity contribution < 1.29 is 27.0 Å². The third kappa shape index (κ3) is 6.15. The second-order valence-electron chi connectivity index (χ2n) is 7.47. The van der Waals surface area contributed by atoms with Crippen LogP contribution in [0.3, 0.4) is 0 Å². The fourth-order valence-corrected chi connectivity index (χ4v) is 3.46. The number of hydrogen-bond donors (Lipinski definition) is 0. The molecule has 182 valence electrons. The van der Waals surface area contributed by atoms with Crippen LogP contribution in [0.15, 0.2) is 71.3 Å². The minimum Gasteiger partial charge on any atom is -0.494 e. The average molecular weight is 484 g/mol. The first-order valence-corrected chi connectivity index (χ1v) is 10.7. The van der Waals surface area contributed by atoms with Crippen molar-refractivity contribution in [2.45, 2.75) is 19.3 Å². The van der Waals surface area contributed by atoms with E-state index in [1.54, 1.807) is 30.3 Å². The topological polar surface area (TPSA) is 43.2 Å². The van der Waals surface area contributed by atoms with Crippen LogP contribution in [-0.2, 0) is 24.0 Å². The molecule has 0 unspecified atom stereocenters. The number of nitrogens with zero attached hydrogens (tertiary/aromatic N) is 2. The van der Waals surface area contributed by atoms with Crippen molar-refractivity contribution in [3.8, 4) is 16.9 Å². The molecule has 3 rings (SSSR count). The molecule has 0 aliphatic heterocycles. The van der Waals surface area contributed by atoms with Crippen LogP contribution in [-0.4, -0.2) is 26.5 Å². The number of hydrogen-bond acceptors (Lipinski definition) is 3. The maximum atomic E-state index is 14.6. The monoisotopic (exact) mass is 484 g/mol. The number of methoxy groups -OCH3 is 2. The molecule has 3 aromatic carbocycles. The van der Waals surface area contributed by atoms with Crippen LogP contribution in [0.5, 0.6) is 5.75 Å². The van der Waals surface area contributed by atoms with Crippen molar-refractivity contribution in [3.63, 3.8) is 0 Å². The van der Waals surface area contributed by atoms with Crippen molar-refractivity contribution in [1.29, 1.82) is 0 Å². The summed E-state index contributed by atoms with van der Waals surface area (Å²) in [5.41, 5.74) is 1.83. The van der Waals surface area contributed by atoms with Crippen LogP contribution in [0.1, 0.15) is 16.7 Å². The standard InChI is InChI=1S/C27H24F4N2O2/c1-4-32-27(35-3)33-16-15-20-12-11-19(23(28)24(20)29)10-7-17-5-8-18(9-6-17)21-13-14-22(34-2)26(31)25(21)30/h4-6,8-9,11-14,16H,1,7,10,15H2,2-3H3/b32-27+,33-16-. The van der Waals surface area contributed by atoms with Crippen LogP contribution in [0.2, 0.25) is 0 Å². The number of amidine groups is 1. The van der Waals surface area contributed by atoms with Crippen LogP contribution in [0, 0.1) is 23.3 Å². The predicted molar refractivity (Wildman–Crippen MR) is 129 cm³/mol. The maximum absolute atomic E-state index is 14.6. The Bertz CT molecular complexity index is 1260. The zero-order valence-electron chi connectivity index (χ0n) is 19.3. The molecule has 8 heteroatoms. The van der Waals surface area contributed by atoms with E-state index in [1.807, 2.05) is 0 Å². The fourth-order valence-electron chi connectivity index (χ4n) is 3.46. The molecule has 0 bridgehead atoms. The summed E-state index contributed by atoms with van der Waals surface area (Å²) in [6.45, 7) is 3.44. The molecule has 35 heavy (non-hydrogen) atoms. The third-order valence-corrected chi connectivity index (χ3v) is 5.35. The molecule has 0 atom stereocenters. The second-order valence-corrected chi connectivity index (χ2v) is 7.47. The van der Waals surface area contributed by atoms with Gasteiger partial charge < -0.3 is 9.47 Å². The second kappa shape index (κ2) is 12.0. The molecule has 0 saturated heterocycles. The highest BCUT2D eigenvalue weighted by molar-refractivity contribution is 5.84. The first-order chi connectivity index (χ1) is 16.9. The molecule has 0 heterocycles. The number of benzene rings is 3.